The Morgan fingerprint density at radius 1 is 1.68 bits per heavy atom. The van der Waals surface area contributed by atoms with Gasteiger partial charge in [-0.3, -0.25) is 9.88 Å². The van der Waals surface area contributed by atoms with E-state index in [9.17, 15) is 4.79 Å². The molecule has 1 aliphatic rings. The number of methoxy groups -OCH3 is 1. The monoisotopic (exact) mass is 264 g/mol. The van der Waals surface area contributed by atoms with Crippen molar-refractivity contribution in [2.24, 2.45) is 5.73 Å². The van der Waals surface area contributed by atoms with Crippen molar-refractivity contribution in [2.75, 3.05) is 20.2 Å². The molecule has 104 valence electrons. The van der Waals surface area contributed by atoms with E-state index in [1.807, 2.05) is 12.1 Å². The lowest BCUT2D eigenvalue weighted by Crippen LogP contribution is -2.36. The van der Waals surface area contributed by atoms with Gasteiger partial charge < -0.3 is 15.8 Å². The van der Waals surface area contributed by atoms with Gasteiger partial charge >= 0.3 is 6.09 Å². The van der Waals surface area contributed by atoms with E-state index in [1.54, 1.807) is 6.20 Å². The average Bonchev–Trinajstić information content (AvgIpc) is 2.86. The van der Waals surface area contributed by atoms with Crippen molar-refractivity contribution in [2.45, 2.75) is 25.6 Å². The zero-order valence-electron chi connectivity index (χ0n) is 11.1. The zero-order valence-corrected chi connectivity index (χ0v) is 11.1. The van der Waals surface area contributed by atoms with Crippen LogP contribution in [0.1, 0.15) is 17.7 Å². The van der Waals surface area contributed by atoms with Gasteiger partial charge in [-0.2, -0.15) is 0 Å². The molecule has 0 aliphatic carbocycles. The van der Waals surface area contributed by atoms with Crippen molar-refractivity contribution < 1.29 is 9.53 Å². The van der Waals surface area contributed by atoms with Crippen LogP contribution in [0.2, 0.25) is 0 Å². The van der Waals surface area contributed by atoms with Gasteiger partial charge in [-0.25, -0.2) is 4.79 Å². The molecule has 1 saturated heterocycles. The molecule has 0 bridgehead atoms. The molecule has 1 aromatic heterocycles. The van der Waals surface area contributed by atoms with Crippen LogP contribution in [0.25, 0.3) is 0 Å². The first-order chi connectivity index (χ1) is 9.21. The van der Waals surface area contributed by atoms with Crippen LogP contribution in [-0.2, 0) is 17.8 Å². The number of rotatable bonds is 4. The molecule has 1 atom stereocenters. The fourth-order valence-corrected chi connectivity index (χ4v) is 2.32. The molecular formula is C13H20N4O2. The van der Waals surface area contributed by atoms with Crippen molar-refractivity contribution in [3.05, 3.63) is 29.6 Å². The second-order valence-electron chi connectivity index (χ2n) is 4.72. The minimum Gasteiger partial charge on any atom is -0.453 e. The number of likely N-dealkylation sites (tertiary alicyclic amines) is 1. The third kappa shape index (κ3) is 3.90. The van der Waals surface area contributed by atoms with Gasteiger partial charge in [0.15, 0.2) is 0 Å². The van der Waals surface area contributed by atoms with Gasteiger partial charge in [0.25, 0.3) is 0 Å². The SMILES string of the molecule is COC(=O)NC1CCN(Cc2ccnc(CN)c2)C1. The van der Waals surface area contributed by atoms with Crippen LogP contribution >= 0.6 is 0 Å². The molecule has 0 saturated carbocycles. The van der Waals surface area contributed by atoms with Gasteiger partial charge in [-0.05, 0) is 24.1 Å². The van der Waals surface area contributed by atoms with E-state index in [2.05, 4.69) is 19.9 Å². The molecule has 3 N–H and O–H groups in total. The summed E-state index contributed by atoms with van der Waals surface area (Å²) in [5, 5.41) is 2.83. The molecule has 19 heavy (non-hydrogen) atoms. The molecule has 1 unspecified atom stereocenters. The van der Waals surface area contributed by atoms with Crippen LogP contribution < -0.4 is 11.1 Å². The van der Waals surface area contributed by atoms with E-state index in [1.165, 1.54) is 12.7 Å². The summed E-state index contributed by atoms with van der Waals surface area (Å²) < 4.78 is 4.61. The Morgan fingerprint density at radius 3 is 3.26 bits per heavy atom. The number of nitrogens with one attached hydrogen (secondary N) is 1. The lowest BCUT2D eigenvalue weighted by atomic mass is 10.2. The first-order valence-electron chi connectivity index (χ1n) is 6.42. The van der Waals surface area contributed by atoms with Gasteiger partial charge in [0, 0.05) is 38.4 Å². The van der Waals surface area contributed by atoms with Gasteiger partial charge in [-0.1, -0.05) is 0 Å². The van der Waals surface area contributed by atoms with Crippen LogP contribution in [0, 0.1) is 0 Å². The normalized spacial score (nSPS) is 19.4. The van der Waals surface area contributed by atoms with E-state index >= 15 is 0 Å². The van der Waals surface area contributed by atoms with E-state index < -0.39 is 0 Å². The lowest BCUT2D eigenvalue weighted by Gasteiger charge is -2.16. The van der Waals surface area contributed by atoms with Gasteiger partial charge in [0.1, 0.15) is 0 Å². The molecule has 1 fully saturated rings. The number of pyridine rings is 1. The Morgan fingerprint density at radius 2 is 2.53 bits per heavy atom. The van der Waals surface area contributed by atoms with Crippen molar-refractivity contribution in [1.29, 1.82) is 0 Å². The number of hydrogen-bond acceptors (Lipinski definition) is 5. The molecule has 6 heteroatoms. The topological polar surface area (TPSA) is 80.5 Å². The maximum absolute atomic E-state index is 11.1. The smallest absolute Gasteiger partial charge is 0.407 e. The summed E-state index contributed by atoms with van der Waals surface area (Å²) in [6.07, 6.45) is 2.38. The molecule has 0 radical (unpaired) electrons. The number of ether oxygens (including phenoxy) is 1. The lowest BCUT2D eigenvalue weighted by molar-refractivity contribution is 0.166. The van der Waals surface area contributed by atoms with Gasteiger partial charge in [0.2, 0.25) is 0 Å². The number of nitrogens with two attached hydrogens (primary N) is 1. The average molecular weight is 264 g/mol. The highest BCUT2D eigenvalue weighted by atomic mass is 16.5. The standard InChI is InChI=1S/C13H20N4O2/c1-19-13(18)16-11-3-5-17(9-11)8-10-2-4-15-12(6-10)7-14/h2,4,6,11H,3,5,7-9,14H2,1H3,(H,16,18). The zero-order chi connectivity index (χ0) is 13.7. The third-order valence-corrected chi connectivity index (χ3v) is 3.28. The number of amides is 1. The Bertz CT molecular complexity index is 438. The molecule has 2 rings (SSSR count). The van der Waals surface area contributed by atoms with Crippen LogP contribution in [0.15, 0.2) is 18.3 Å². The highest BCUT2D eigenvalue weighted by Gasteiger charge is 2.23. The number of carbonyl (C=O) groups is 1. The second-order valence-corrected chi connectivity index (χ2v) is 4.72. The minimum absolute atomic E-state index is 0.170. The molecule has 1 aliphatic heterocycles. The molecule has 0 spiro atoms. The van der Waals surface area contributed by atoms with Crippen LogP contribution in [-0.4, -0.2) is 42.2 Å². The summed E-state index contributed by atoms with van der Waals surface area (Å²) in [6, 6.07) is 4.20. The van der Waals surface area contributed by atoms with Gasteiger partial charge in [0.05, 0.1) is 12.8 Å². The van der Waals surface area contributed by atoms with E-state index in [-0.39, 0.29) is 12.1 Å². The van der Waals surface area contributed by atoms with Crippen LogP contribution in [0.5, 0.6) is 0 Å². The number of alkyl carbamates (subject to hydrolysis) is 1. The summed E-state index contributed by atoms with van der Waals surface area (Å²) in [4.78, 5) is 17.6. The molecule has 6 nitrogen and oxygen atoms in total. The first kappa shape index (κ1) is 13.8. The highest BCUT2D eigenvalue weighted by molar-refractivity contribution is 5.67. The molecule has 0 aromatic carbocycles. The summed E-state index contributed by atoms with van der Waals surface area (Å²) in [5.41, 5.74) is 7.69. The Hall–Kier alpha value is -1.66. The number of hydrogen-bond donors (Lipinski definition) is 2. The highest BCUT2D eigenvalue weighted by Crippen LogP contribution is 2.14. The predicted molar refractivity (Wildman–Crippen MR) is 71.4 cm³/mol. The van der Waals surface area contributed by atoms with Crippen molar-refractivity contribution in [3.8, 4) is 0 Å². The quantitative estimate of drug-likeness (QED) is 0.826. The van der Waals surface area contributed by atoms with Crippen LogP contribution in [0.3, 0.4) is 0 Å². The summed E-state index contributed by atoms with van der Waals surface area (Å²) >= 11 is 0. The van der Waals surface area contributed by atoms with Crippen molar-refractivity contribution >= 4 is 6.09 Å². The summed E-state index contributed by atoms with van der Waals surface area (Å²) in [6.45, 7) is 3.12. The van der Waals surface area contributed by atoms with Crippen molar-refractivity contribution in [3.63, 3.8) is 0 Å². The largest absolute Gasteiger partial charge is 0.453 e. The van der Waals surface area contributed by atoms with Gasteiger partial charge in [-0.15, -0.1) is 0 Å². The fraction of sp³-hybridized carbons (Fsp3) is 0.538. The summed E-state index contributed by atoms with van der Waals surface area (Å²) in [5.74, 6) is 0. The third-order valence-electron chi connectivity index (χ3n) is 3.28. The predicted octanol–water partition coefficient (Wildman–Crippen LogP) is 0.471. The summed E-state index contributed by atoms with van der Waals surface area (Å²) in [7, 11) is 1.38. The fourth-order valence-electron chi connectivity index (χ4n) is 2.32. The molecule has 1 amide bonds. The Kier molecular flexibility index (Phi) is 4.70. The van der Waals surface area contributed by atoms with Crippen LogP contribution in [0.4, 0.5) is 4.79 Å². The minimum atomic E-state index is -0.360. The number of aromatic nitrogens is 1. The Labute approximate surface area is 112 Å². The van der Waals surface area contributed by atoms with E-state index in [0.29, 0.717) is 6.54 Å². The maximum Gasteiger partial charge on any atom is 0.407 e. The number of nitrogens with zero attached hydrogens (tertiary/aromatic N) is 2. The Balaban J connectivity index is 1.85. The molecule has 2 heterocycles. The molecular weight excluding hydrogens is 244 g/mol. The second kappa shape index (κ2) is 6.49. The van der Waals surface area contributed by atoms with Crippen molar-refractivity contribution in [1.82, 2.24) is 15.2 Å². The molecule has 1 aromatic rings. The number of carbonyl (C=O) groups excluding carboxylic acids is 1. The van der Waals surface area contributed by atoms with E-state index in [4.69, 9.17) is 5.73 Å². The first-order valence-corrected chi connectivity index (χ1v) is 6.42. The maximum atomic E-state index is 11.1. The van der Waals surface area contributed by atoms with E-state index in [0.717, 1.165) is 31.7 Å².